The van der Waals surface area contributed by atoms with Gasteiger partial charge in [-0.25, -0.2) is 4.39 Å². The predicted octanol–water partition coefficient (Wildman–Crippen LogP) is 4.41. The van der Waals surface area contributed by atoms with Crippen LogP contribution in [0.4, 0.5) is 10.1 Å². The van der Waals surface area contributed by atoms with Crippen molar-refractivity contribution in [3.63, 3.8) is 0 Å². The van der Waals surface area contributed by atoms with Gasteiger partial charge in [0.25, 0.3) is 11.6 Å². The summed E-state index contributed by atoms with van der Waals surface area (Å²) in [4.78, 5) is 26.4. The lowest BCUT2D eigenvalue weighted by Crippen LogP contribution is -2.40. The van der Waals surface area contributed by atoms with Gasteiger partial charge in [0.15, 0.2) is 0 Å². The van der Waals surface area contributed by atoms with Crippen LogP contribution in [0.1, 0.15) is 35.7 Å². The van der Waals surface area contributed by atoms with Crippen LogP contribution in [0.15, 0.2) is 46.2 Å². The van der Waals surface area contributed by atoms with Crippen LogP contribution in [0.25, 0.3) is 0 Å². The van der Waals surface area contributed by atoms with Crippen molar-refractivity contribution in [1.82, 2.24) is 10.2 Å². The molecule has 1 heterocycles. The maximum absolute atomic E-state index is 14.1. The van der Waals surface area contributed by atoms with Crippen molar-refractivity contribution in [3.8, 4) is 0 Å². The fraction of sp³-hybridized carbons (Fsp3) is 0.381. The molecule has 0 aliphatic carbocycles. The van der Waals surface area contributed by atoms with Gasteiger partial charge in [-0.15, -0.1) is 0 Å². The van der Waals surface area contributed by atoms with Crippen molar-refractivity contribution in [3.05, 3.63) is 63.5 Å². The molecular formula is C21H24FN3O3S. The van der Waals surface area contributed by atoms with Crippen LogP contribution in [0.5, 0.6) is 0 Å². The van der Waals surface area contributed by atoms with Crippen LogP contribution in [-0.2, 0) is 0 Å². The quantitative estimate of drug-likeness (QED) is 0.534. The average Bonchev–Trinajstić information content (AvgIpc) is 3.16. The maximum atomic E-state index is 14.1. The molecule has 154 valence electrons. The highest BCUT2D eigenvalue weighted by Gasteiger charge is 2.24. The van der Waals surface area contributed by atoms with Crippen molar-refractivity contribution in [2.24, 2.45) is 0 Å². The number of aryl methyl sites for hydroxylation is 1. The molecule has 1 unspecified atom stereocenters. The third kappa shape index (κ3) is 5.13. The Balaban J connectivity index is 1.75. The summed E-state index contributed by atoms with van der Waals surface area (Å²) >= 11 is 0.980. The molecule has 29 heavy (non-hydrogen) atoms. The zero-order valence-electron chi connectivity index (χ0n) is 16.5. The summed E-state index contributed by atoms with van der Waals surface area (Å²) in [6.45, 7) is 6.36. The Bertz CT molecular complexity index is 922. The number of nitrogens with zero attached hydrogens (tertiary/aromatic N) is 2. The Hall–Kier alpha value is -2.45. The molecule has 1 N–H and O–H groups in total. The molecule has 2 aromatic carbocycles. The molecule has 0 bridgehead atoms. The zero-order chi connectivity index (χ0) is 21.0. The van der Waals surface area contributed by atoms with Crippen molar-refractivity contribution in [1.29, 1.82) is 0 Å². The first-order valence-electron chi connectivity index (χ1n) is 9.63. The van der Waals surface area contributed by atoms with Crippen LogP contribution >= 0.6 is 11.8 Å². The second-order valence-corrected chi connectivity index (χ2v) is 8.19. The van der Waals surface area contributed by atoms with E-state index < -0.39 is 10.7 Å². The van der Waals surface area contributed by atoms with E-state index in [-0.39, 0.29) is 17.2 Å². The van der Waals surface area contributed by atoms with E-state index in [9.17, 15) is 19.3 Å². The fourth-order valence-corrected chi connectivity index (χ4v) is 4.45. The number of hydrogen-bond donors (Lipinski definition) is 1. The number of halogens is 1. The normalized spacial score (nSPS) is 16.7. The van der Waals surface area contributed by atoms with Gasteiger partial charge in [-0.3, -0.25) is 19.8 Å². The van der Waals surface area contributed by atoms with Crippen molar-refractivity contribution in [2.75, 3.05) is 19.6 Å². The smallest absolute Gasteiger partial charge is 0.284 e. The number of likely N-dealkylation sites (tertiary alicyclic amines) is 1. The molecule has 1 saturated heterocycles. The largest absolute Gasteiger partial charge is 0.350 e. The fourth-order valence-electron chi connectivity index (χ4n) is 3.55. The number of carbonyl (C=O) groups excluding carboxylic acids is 1. The Morgan fingerprint density at radius 3 is 2.76 bits per heavy atom. The Morgan fingerprint density at radius 2 is 2.07 bits per heavy atom. The van der Waals surface area contributed by atoms with Gasteiger partial charge in [0.2, 0.25) is 0 Å². The first kappa shape index (κ1) is 21.3. The molecule has 0 spiro atoms. The number of likely N-dealkylation sites (N-methyl/N-ethyl adjacent to an activating group) is 1. The number of hydrogen-bond acceptors (Lipinski definition) is 5. The van der Waals surface area contributed by atoms with Crippen molar-refractivity contribution >= 4 is 23.4 Å². The molecule has 6 nitrogen and oxygen atoms in total. The van der Waals surface area contributed by atoms with E-state index in [1.165, 1.54) is 18.2 Å². The highest BCUT2D eigenvalue weighted by molar-refractivity contribution is 7.99. The van der Waals surface area contributed by atoms with E-state index in [1.807, 2.05) is 0 Å². The number of amides is 1. The van der Waals surface area contributed by atoms with Crippen LogP contribution in [0.2, 0.25) is 0 Å². The van der Waals surface area contributed by atoms with Gasteiger partial charge in [0.05, 0.1) is 9.82 Å². The zero-order valence-corrected chi connectivity index (χ0v) is 17.3. The number of benzene rings is 2. The average molecular weight is 418 g/mol. The molecular weight excluding hydrogens is 393 g/mol. The van der Waals surface area contributed by atoms with Gasteiger partial charge in [-0.1, -0.05) is 24.8 Å². The summed E-state index contributed by atoms with van der Waals surface area (Å²) < 4.78 is 14.1. The summed E-state index contributed by atoms with van der Waals surface area (Å²) in [5.41, 5.74) is 0.794. The molecule has 0 radical (unpaired) electrons. The van der Waals surface area contributed by atoms with Gasteiger partial charge in [0.1, 0.15) is 5.82 Å². The summed E-state index contributed by atoms with van der Waals surface area (Å²) in [6, 6.07) is 9.35. The SMILES string of the molecule is CCN1CCCC1CNC(=O)c1ccc(Sc2ccc(C)cc2F)c([N+](=O)[O-])c1. The number of carbonyl (C=O) groups is 1. The van der Waals surface area contributed by atoms with Crippen LogP contribution in [-0.4, -0.2) is 41.4 Å². The molecule has 2 aromatic rings. The van der Waals surface area contributed by atoms with E-state index in [4.69, 9.17) is 0 Å². The molecule has 3 rings (SSSR count). The summed E-state index contributed by atoms with van der Waals surface area (Å²) in [5.74, 6) is -0.766. The van der Waals surface area contributed by atoms with E-state index in [0.717, 1.165) is 43.3 Å². The minimum absolute atomic E-state index is 0.210. The highest BCUT2D eigenvalue weighted by Crippen LogP contribution is 2.36. The number of nitro benzene ring substituents is 1. The van der Waals surface area contributed by atoms with E-state index >= 15 is 0 Å². The minimum atomic E-state index is -0.541. The van der Waals surface area contributed by atoms with Crippen LogP contribution in [0, 0.1) is 22.9 Å². The Morgan fingerprint density at radius 1 is 1.31 bits per heavy atom. The molecule has 8 heteroatoms. The molecule has 1 fully saturated rings. The van der Waals surface area contributed by atoms with Crippen molar-refractivity contribution < 1.29 is 14.1 Å². The van der Waals surface area contributed by atoms with Crippen LogP contribution < -0.4 is 5.32 Å². The Kier molecular flexibility index (Phi) is 6.87. The predicted molar refractivity (Wildman–Crippen MR) is 111 cm³/mol. The third-order valence-corrected chi connectivity index (χ3v) is 6.24. The first-order valence-corrected chi connectivity index (χ1v) is 10.5. The molecule has 1 atom stereocenters. The summed E-state index contributed by atoms with van der Waals surface area (Å²) in [6.07, 6.45) is 2.15. The topological polar surface area (TPSA) is 75.5 Å². The number of nitrogens with one attached hydrogen (secondary N) is 1. The summed E-state index contributed by atoms with van der Waals surface area (Å²) in [7, 11) is 0. The standard InChI is InChI=1S/C21H24FN3O3S/c1-3-24-10-4-5-16(24)13-23-21(26)15-7-9-20(18(12-15)25(27)28)29-19-8-6-14(2)11-17(19)22/h6-9,11-12,16H,3-5,10,13H2,1-2H3,(H,23,26). The first-order chi connectivity index (χ1) is 13.9. The molecule has 0 saturated carbocycles. The maximum Gasteiger partial charge on any atom is 0.284 e. The van der Waals surface area contributed by atoms with Gasteiger partial charge in [-0.2, -0.15) is 0 Å². The lowest BCUT2D eigenvalue weighted by Gasteiger charge is -2.22. The lowest BCUT2D eigenvalue weighted by atomic mass is 10.1. The van der Waals surface area contributed by atoms with Gasteiger partial charge < -0.3 is 5.32 Å². The van der Waals surface area contributed by atoms with Gasteiger partial charge in [-0.05, 0) is 62.7 Å². The third-order valence-electron chi connectivity index (χ3n) is 5.13. The highest BCUT2D eigenvalue weighted by atomic mass is 32.2. The van der Waals surface area contributed by atoms with E-state index in [1.54, 1.807) is 25.1 Å². The van der Waals surface area contributed by atoms with Gasteiger partial charge in [0, 0.05) is 29.1 Å². The van der Waals surface area contributed by atoms with E-state index in [0.29, 0.717) is 22.4 Å². The second kappa shape index (κ2) is 9.37. The molecule has 1 aliphatic rings. The minimum Gasteiger partial charge on any atom is -0.350 e. The molecule has 1 aliphatic heterocycles. The lowest BCUT2D eigenvalue weighted by molar-refractivity contribution is -0.387. The molecule has 1 amide bonds. The Labute approximate surface area is 173 Å². The van der Waals surface area contributed by atoms with Gasteiger partial charge >= 0.3 is 0 Å². The van der Waals surface area contributed by atoms with Crippen molar-refractivity contribution in [2.45, 2.75) is 42.5 Å². The summed E-state index contributed by atoms with van der Waals surface area (Å²) in [5, 5.41) is 14.4. The monoisotopic (exact) mass is 417 g/mol. The second-order valence-electron chi connectivity index (χ2n) is 7.11. The van der Waals surface area contributed by atoms with Crippen LogP contribution in [0.3, 0.4) is 0 Å². The number of nitro groups is 1. The number of rotatable bonds is 7. The molecule has 0 aromatic heterocycles. The van der Waals surface area contributed by atoms with E-state index in [2.05, 4.69) is 17.1 Å².